The van der Waals surface area contributed by atoms with E-state index in [-0.39, 0.29) is 5.91 Å². The summed E-state index contributed by atoms with van der Waals surface area (Å²) in [5.74, 6) is 1.36. The van der Waals surface area contributed by atoms with Crippen molar-refractivity contribution < 1.29 is 13.9 Å². The van der Waals surface area contributed by atoms with E-state index in [0.29, 0.717) is 24.4 Å². The van der Waals surface area contributed by atoms with Gasteiger partial charge < -0.3 is 19.0 Å². The van der Waals surface area contributed by atoms with Gasteiger partial charge in [-0.25, -0.2) is 9.78 Å². The number of anilines is 1. The van der Waals surface area contributed by atoms with Gasteiger partial charge in [-0.05, 0) is 37.3 Å². The van der Waals surface area contributed by atoms with Gasteiger partial charge in [0.05, 0.1) is 0 Å². The molecule has 1 atom stereocenters. The van der Waals surface area contributed by atoms with Crippen molar-refractivity contribution in [3.63, 3.8) is 0 Å². The molecule has 4 rings (SSSR count). The van der Waals surface area contributed by atoms with E-state index in [1.54, 1.807) is 37.4 Å². The smallest absolute Gasteiger partial charge is 0.336 e. The minimum absolute atomic E-state index is 0.0599. The number of hydrogen-bond donors (Lipinski definition) is 0. The molecule has 0 aliphatic carbocycles. The van der Waals surface area contributed by atoms with Gasteiger partial charge in [-0.2, -0.15) is 0 Å². The number of pyridine rings is 1. The van der Waals surface area contributed by atoms with Crippen molar-refractivity contribution in [1.82, 2.24) is 9.88 Å². The molecular weight excluding hydrogens is 358 g/mol. The van der Waals surface area contributed by atoms with Crippen molar-refractivity contribution in [3.05, 3.63) is 65.1 Å². The molecule has 7 nitrogen and oxygen atoms in total. The summed E-state index contributed by atoms with van der Waals surface area (Å²) in [5, 5.41) is 0.802. The largest absolute Gasteiger partial charge is 0.481 e. The topological polar surface area (TPSA) is 75.9 Å². The molecule has 1 unspecified atom stereocenters. The number of fused-ring (bicyclic) bond motifs is 1. The van der Waals surface area contributed by atoms with E-state index in [2.05, 4.69) is 9.88 Å². The predicted octanol–water partition coefficient (Wildman–Crippen LogP) is 2.30. The van der Waals surface area contributed by atoms with Crippen LogP contribution in [0.2, 0.25) is 0 Å². The van der Waals surface area contributed by atoms with Crippen LogP contribution in [0.1, 0.15) is 6.92 Å². The number of carbonyl (C=O) groups is 1. The molecule has 1 aliphatic rings. The van der Waals surface area contributed by atoms with Crippen LogP contribution in [0.3, 0.4) is 0 Å². The third-order valence-electron chi connectivity index (χ3n) is 4.82. The van der Waals surface area contributed by atoms with Gasteiger partial charge in [0.15, 0.2) is 6.10 Å². The maximum atomic E-state index is 12.8. The van der Waals surface area contributed by atoms with Crippen molar-refractivity contribution in [2.45, 2.75) is 13.0 Å². The highest BCUT2D eigenvalue weighted by Gasteiger charge is 2.26. The lowest BCUT2D eigenvalue weighted by Gasteiger charge is -2.36. The molecule has 0 bridgehead atoms. The lowest BCUT2D eigenvalue weighted by molar-refractivity contribution is -0.138. The first-order valence-electron chi connectivity index (χ1n) is 9.25. The van der Waals surface area contributed by atoms with Gasteiger partial charge in [0.25, 0.3) is 5.91 Å². The first kappa shape index (κ1) is 18.0. The van der Waals surface area contributed by atoms with Gasteiger partial charge >= 0.3 is 5.63 Å². The molecule has 2 aromatic heterocycles. The van der Waals surface area contributed by atoms with Crippen LogP contribution in [0.4, 0.5) is 5.82 Å². The molecule has 0 N–H and O–H groups in total. The quantitative estimate of drug-likeness (QED) is 0.648. The van der Waals surface area contributed by atoms with E-state index in [9.17, 15) is 9.59 Å². The van der Waals surface area contributed by atoms with Crippen LogP contribution in [-0.2, 0) is 4.79 Å². The predicted molar refractivity (Wildman–Crippen MR) is 106 cm³/mol. The molecule has 0 saturated carbocycles. The first-order valence-corrected chi connectivity index (χ1v) is 9.25. The summed E-state index contributed by atoms with van der Waals surface area (Å²) < 4.78 is 11.0. The fourth-order valence-corrected chi connectivity index (χ4v) is 3.32. The van der Waals surface area contributed by atoms with Crippen molar-refractivity contribution in [3.8, 4) is 5.75 Å². The second kappa shape index (κ2) is 7.72. The van der Waals surface area contributed by atoms with Crippen molar-refractivity contribution in [2.24, 2.45) is 0 Å². The molecule has 28 heavy (non-hydrogen) atoms. The summed E-state index contributed by atoms with van der Waals surface area (Å²) in [5.41, 5.74) is 0.0215. The summed E-state index contributed by atoms with van der Waals surface area (Å²) in [6, 6.07) is 14.1. The zero-order chi connectivity index (χ0) is 19.5. The Labute approximate surface area is 162 Å². The van der Waals surface area contributed by atoms with Crippen LogP contribution < -0.4 is 15.3 Å². The van der Waals surface area contributed by atoms with Crippen LogP contribution in [0.15, 0.2) is 63.9 Å². The Morgan fingerprint density at radius 1 is 1.11 bits per heavy atom. The Kier molecular flexibility index (Phi) is 4.97. The summed E-state index contributed by atoms with van der Waals surface area (Å²) in [6.07, 6.45) is 1.14. The summed E-state index contributed by atoms with van der Waals surface area (Å²) in [7, 11) is 0. The molecule has 7 heteroatoms. The van der Waals surface area contributed by atoms with E-state index < -0.39 is 11.7 Å². The first-order chi connectivity index (χ1) is 13.6. The standard InChI is InChI=1S/C21H21N3O4/c1-15(27-17-7-5-16-6-8-20(25)28-18(16)14-17)21(26)24-12-10-23(11-13-24)19-4-2-3-9-22-19/h2-9,14-15H,10-13H2,1H3. The van der Waals surface area contributed by atoms with Crippen LogP contribution in [-0.4, -0.2) is 48.1 Å². The summed E-state index contributed by atoms with van der Waals surface area (Å²) >= 11 is 0. The Hall–Kier alpha value is -3.35. The molecule has 1 aliphatic heterocycles. The Morgan fingerprint density at radius 3 is 2.64 bits per heavy atom. The van der Waals surface area contributed by atoms with Crippen LogP contribution in [0, 0.1) is 0 Å². The number of ether oxygens (including phenoxy) is 1. The second-order valence-electron chi connectivity index (χ2n) is 6.71. The molecule has 1 aromatic carbocycles. The fraction of sp³-hybridized carbons (Fsp3) is 0.286. The van der Waals surface area contributed by atoms with Crippen LogP contribution >= 0.6 is 0 Å². The van der Waals surface area contributed by atoms with Gasteiger partial charge in [0.2, 0.25) is 0 Å². The van der Waals surface area contributed by atoms with E-state index in [1.165, 1.54) is 6.07 Å². The Morgan fingerprint density at radius 2 is 1.89 bits per heavy atom. The number of hydrogen-bond acceptors (Lipinski definition) is 6. The zero-order valence-electron chi connectivity index (χ0n) is 15.6. The van der Waals surface area contributed by atoms with Gasteiger partial charge in [-0.3, -0.25) is 4.79 Å². The maximum absolute atomic E-state index is 12.8. The second-order valence-corrected chi connectivity index (χ2v) is 6.71. The number of amides is 1. The number of nitrogens with zero attached hydrogens (tertiary/aromatic N) is 3. The molecule has 1 saturated heterocycles. The number of rotatable bonds is 4. The van der Waals surface area contributed by atoms with Gasteiger partial charge in [0, 0.05) is 49.9 Å². The summed E-state index contributed by atoms with van der Waals surface area (Å²) in [6.45, 7) is 4.44. The Bertz CT molecular complexity index is 1030. The Balaban J connectivity index is 1.38. The number of carbonyl (C=O) groups excluding carboxylic acids is 1. The van der Waals surface area contributed by atoms with Gasteiger partial charge in [-0.15, -0.1) is 0 Å². The van der Waals surface area contributed by atoms with Crippen LogP contribution in [0.5, 0.6) is 5.75 Å². The molecule has 1 fully saturated rings. The van der Waals surface area contributed by atoms with E-state index in [1.807, 2.05) is 23.1 Å². The average Bonchev–Trinajstić information content (AvgIpc) is 2.73. The molecule has 144 valence electrons. The van der Waals surface area contributed by atoms with Gasteiger partial charge in [0.1, 0.15) is 17.2 Å². The highest BCUT2D eigenvalue weighted by atomic mass is 16.5. The molecule has 1 amide bonds. The normalized spacial score (nSPS) is 15.5. The SMILES string of the molecule is CC(Oc1ccc2ccc(=O)oc2c1)C(=O)N1CCN(c2ccccn2)CC1. The highest BCUT2D eigenvalue weighted by Crippen LogP contribution is 2.21. The number of benzene rings is 1. The van der Waals surface area contributed by atoms with Crippen molar-refractivity contribution in [1.29, 1.82) is 0 Å². The van der Waals surface area contributed by atoms with E-state index >= 15 is 0 Å². The zero-order valence-corrected chi connectivity index (χ0v) is 15.6. The van der Waals surface area contributed by atoms with E-state index in [4.69, 9.17) is 9.15 Å². The third kappa shape index (κ3) is 3.83. The van der Waals surface area contributed by atoms with Crippen molar-refractivity contribution in [2.75, 3.05) is 31.1 Å². The van der Waals surface area contributed by atoms with Gasteiger partial charge in [-0.1, -0.05) is 6.07 Å². The fourth-order valence-electron chi connectivity index (χ4n) is 3.32. The maximum Gasteiger partial charge on any atom is 0.336 e. The number of aromatic nitrogens is 1. The molecular formula is C21H21N3O4. The minimum Gasteiger partial charge on any atom is -0.481 e. The summed E-state index contributed by atoms with van der Waals surface area (Å²) in [4.78, 5) is 32.5. The highest BCUT2D eigenvalue weighted by molar-refractivity contribution is 5.82. The molecule has 0 radical (unpaired) electrons. The van der Waals surface area contributed by atoms with Crippen molar-refractivity contribution >= 4 is 22.7 Å². The lowest BCUT2D eigenvalue weighted by Crippen LogP contribution is -2.52. The third-order valence-corrected chi connectivity index (χ3v) is 4.82. The van der Waals surface area contributed by atoms with E-state index in [0.717, 1.165) is 24.3 Å². The molecule has 3 heterocycles. The lowest BCUT2D eigenvalue weighted by atomic mass is 10.2. The average molecular weight is 379 g/mol. The number of piperazine rings is 1. The van der Waals surface area contributed by atoms with Crippen LogP contribution in [0.25, 0.3) is 11.0 Å². The molecule has 0 spiro atoms. The minimum atomic E-state index is -0.630. The monoisotopic (exact) mass is 379 g/mol. The molecule has 3 aromatic rings.